The Morgan fingerprint density at radius 3 is 1.44 bits per heavy atom. The third-order valence-electron chi connectivity index (χ3n) is 11.5. The summed E-state index contributed by atoms with van der Waals surface area (Å²) < 4.78 is 0. The van der Waals surface area contributed by atoms with Crippen LogP contribution in [0.2, 0.25) is 0 Å². The number of benzene rings is 9. The zero-order chi connectivity index (χ0) is 34.2. The molecule has 0 aliphatic heterocycles. The molecule has 11 rings (SSSR count). The molecule has 0 aromatic heterocycles. The summed E-state index contributed by atoms with van der Waals surface area (Å²) >= 11 is 0. The molecule has 0 atom stereocenters. The van der Waals surface area contributed by atoms with Crippen molar-refractivity contribution in [3.05, 3.63) is 222 Å². The van der Waals surface area contributed by atoms with Crippen molar-refractivity contribution >= 4 is 38.6 Å². The number of rotatable bonds is 4. The molecule has 52 heavy (non-hydrogen) atoms. The van der Waals surface area contributed by atoms with Crippen molar-refractivity contribution in [2.75, 3.05) is 4.90 Å². The van der Waals surface area contributed by atoms with Gasteiger partial charge in [0.15, 0.2) is 0 Å². The summed E-state index contributed by atoms with van der Waals surface area (Å²) in [4.78, 5) is 2.48. The summed E-state index contributed by atoms with van der Waals surface area (Å²) in [6.45, 7) is 0. The zero-order valence-electron chi connectivity index (χ0n) is 28.5. The molecule has 1 spiro atoms. The maximum absolute atomic E-state index is 2.49. The molecule has 9 aromatic carbocycles. The molecule has 0 amide bonds. The van der Waals surface area contributed by atoms with E-state index in [4.69, 9.17) is 0 Å². The first kappa shape index (κ1) is 29.1. The maximum Gasteiger partial charge on any atom is 0.0726 e. The Balaban J connectivity index is 1.20. The molecule has 9 aromatic rings. The van der Waals surface area contributed by atoms with E-state index in [1.807, 2.05) is 0 Å². The number of hydrogen-bond acceptors (Lipinski definition) is 1. The van der Waals surface area contributed by atoms with Gasteiger partial charge in [-0.1, -0.05) is 170 Å². The number of fused-ring (bicyclic) bond motifs is 13. The molecular weight excluding hydrogens is 627 g/mol. The van der Waals surface area contributed by atoms with Crippen molar-refractivity contribution in [1.82, 2.24) is 0 Å². The smallest absolute Gasteiger partial charge is 0.0726 e. The zero-order valence-corrected chi connectivity index (χ0v) is 28.5. The molecule has 2 aliphatic rings. The molecule has 0 saturated heterocycles. The summed E-state index contributed by atoms with van der Waals surface area (Å²) in [6, 6.07) is 74.0. The molecule has 1 nitrogen and oxygen atoms in total. The Bertz CT molecular complexity index is 2780. The van der Waals surface area contributed by atoms with E-state index in [0.29, 0.717) is 0 Å². The monoisotopic (exact) mass is 659 g/mol. The van der Waals surface area contributed by atoms with Gasteiger partial charge in [0, 0.05) is 16.8 Å². The van der Waals surface area contributed by atoms with Crippen LogP contribution < -0.4 is 4.90 Å². The second-order valence-corrected chi connectivity index (χ2v) is 14.0. The molecule has 2 aliphatic carbocycles. The van der Waals surface area contributed by atoms with Crippen LogP contribution in [0.3, 0.4) is 0 Å². The second-order valence-electron chi connectivity index (χ2n) is 14.0. The second kappa shape index (κ2) is 11.2. The fourth-order valence-corrected chi connectivity index (χ4v) is 9.30. The molecule has 0 saturated carbocycles. The predicted molar refractivity (Wildman–Crippen MR) is 218 cm³/mol. The summed E-state index contributed by atoms with van der Waals surface area (Å²) in [5.41, 5.74) is 16.1. The van der Waals surface area contributed by atoms with Gasteiger partial charge in [-0.3, -0.25) is 0 Å². The van der Waals surface area contributed by atoms with Crippen LogP contribution >= 0.6 is 0 Å². The topological polar surface area (TPSA) is 3.24 Å². The predicted octanol–water partition coefficient (Wildman–Crippen LogP) is 13.5. The van der Waals surface area contributed by atoms with Gasteiger partial charge in [0.25, 0.3) is 0 Å². The van der Waals surface area contributed by atoms with Crippen LogP contribution in [0.5, 0.6) is 0 Å². The molecular formula is C51H33N. The minimum atomic E-state index is -0.413. The highest BCUT2D eigenvalue weighted by Crippen LogP contribution is 2.63. The van der Waals surface area contributed by atoms with Crippen LogP contribution in [-0.4, -0.2) is 0 Å². The van der Waals surface area contributed by atoms with Gasteiger partial charge in [-0.2, -0.15) is 0 Å². The van der Waals surface area contributed by atoms with Gasteiger partial charge in [0.05, 0.1) is 11.1 Å². The van der Waals surface area contributed by atoms with Crippen molar-refractivity contribution in [2.45, 2.75) is 5.41 Å². The van der Waals surface area contributed by atoms with Crippen molar-refractivity contribution < 1.29 is 0 Å². The van der Waals surface area contributed by atoms with Crippen LogP contribution in [-0.2, 0) is 5.41 Å². The van der Waals surface area contributed by atoms with Gasteiger partial charge in [-0.25, -0.2) is 0 Å². The fourth-order valence-electron chi connectivity index (χ4n) is 9.30. The van der Waals surface area contributed by atoms with Gasteiger partial charge < -0.3 is 4.90 Å². The van der Waals surface area contributed by atoms with Crippen LogP contribution in [0.1, 0.15) is 22.3 Å². The molecule has 0 heterocycles. The fraction of sp³-hybridized carbons (Fsp3) is 0.0196. The first-order valence-electron chi connectivity index (χ1n) is 18.1. The van der Waals surface area contributed by atoms with Gasteiger partial charge in [-0.15, -0.1) is 0 Å². The van der Waals surface area contributed by atoms with Gasteiger partial charge in [0.1, 0.15) is 0 Å². The molecule has 242 valence electrons. The highest BCUT2D eigenvalue weighted by molar-refractivity contribution is 6.14. The Labute approximate surface area is 303 Å². The highest BCUT2D eigenvalue weighted by atomic mass is 15.1. The van der Waals surface area contributed by atoms with E-state index in [-0.39, 0.29) is 0 Å². The van der Waals surface area contributed by atoms with Crippen molar-refractivity contribution in [1.29, 1.82) is 0 Å². The summed E-state index contributed by atoms with van der Waals surface area (Å²) in [7, 11) is 0. The largest absolute Gasteiger partial charge is 0.310 e. The highest BCUT2D eigenvalue weighted by Gasteiger charge is 2.51. The molecule has 0 radical (unpaired) electrons. The molecule has 0 bridgehead atoms. The molecule has 0 unspecified atom stereocenters. The standard InChI is InChI=1S/C51H33N/c1-2-14-34(15-3-1)35-26-28-37(29-27-35)52(50-32-36-16-4-5-17-39(36)40-18-6-7-22-45(40)50)38-30-31-44-43-21-10-13-25-48(43)51(49(44)33-38)46-23-11-8-19-41(46)42-20-9-12-24-47(42)51/h1-33H. The third-order valence-corrected chi connectivity index (χ3v) is 11.5. The molecule has 0 fully saturated rings. The van der Waals surface area contributed by atoms with Gasteiger partial charge >= 0.3 is 0 Å². The number of hydrogen-bond donors (Lipinski definition) is 0. The van der Waals surface area contributed by atoms with Crippen LogP contribution in [0.25, 0.3) is 54.9 Å². The average molecular weight is 660 g/mol. The first-order chi connectivity index (χ1) is 25.8. The molecule has 1 heteroatoms. The van der Waals surface area contributed by atoms with E-state index in [9.17, 15) is 0 Å². The van der Waals surface area contributed by atoms with E-state index in [0.717, 1.165) is 11.4 Å². The Kier molecular flexibility index (Phi) is 6.23. The van der Waals surface area contributed by atoms with Crippen molar-refractivity contribution in [3.8, 4) is 33.4 Å². The SMILES string of the molecule is c1ccc(-c2ccc(N(c3ccc4c(c3)C3(c5ccccc5-c5ccccc53)c3ccccc3-4)c3cc4ccccc4c4ccccc34)cc2)cc1. The first-order valence-corrected chi connectivity index (χ1v) is 18.1. The van der Waals surface area contributed by atoms with Crippen LogP contribution in [0.15, 0.2) is 200 Å². The van der Waals surface area contributed by atoms with Gasteiger partial charge in [0.2, 0.25) is 0 Å². The maximum atomic E-state index is 2.49. The van der Waals surface area contributed by atoms with Crippen molar-refractivity contribution in [2.24, 2.45) is 0 Å². The Morgan fingerprint density at radius 2 is 0.788 bits per heavy atom. The van der Waals surface area contributed by atoms with Crippen molar-refractivity contribution in [3.63, 3.8) is 0 Å². The minimum absolute atomic E-state index is 0.413. The normalized spacial score (nSPS) is 13.2. The van der Waals surface area contributed by atoms with E-state index in [1.165, 1.54) is 82.9 Å². The lowest BCUT2D eigenvalue weighted by Crippen LogP contribution is -2.26. The number of nitrogens with zero attached hydrogens (tertiary/aromatic N) is 1. The molecule has 0 N–H and O–H groups in total. The summed E-state index contributed by atoms with van der Waals surface area (Å²) in [5.74, 6) is 0. The lowest BCUT2D eigenvalue weighted by atomic mass is 9.70. The van der Waals surface area contributed by atoms with Crippen LogP contribution in [0, 0.1) is 0 Å². The number of anilines is 3. The van der Waals surface area contributed by atoms with Gasteiger partial charge in [-0.05, 0) is 102 Å². The summed E-state index contributed by atoms with van der Waals surface area (Å²) in [6.07, 6.45) is 0. The van der Waals surface area contributed by atoms with E-state index < -0.39 is 5.41 Å². The van der Waals surface area contributed by atoms with Crippen LogP contribution in [0.4, 0.5) is 17.1 Å². The van der Waals surface area contributed by atoms with E-state index in [2.05, 4.69) is 205 Å². The third kappa shape index (κ3) is 3.99. The van der Waals surface area contributed by atoms with E-state index >= 15 is 0 Å². The Morgan fingerprint density at radius 1 is 0.308 bits per heavy atom. The lowest BCUT2D eigenvalue weighted by molar-refractivity contribution is 0.793. The Hall–Kier alpha value is -6.70. The summed E-state index contributed by atoms with van der Waals surface area (Å²) in [5, 5.41) is 4.98. The lowest BCUT2D eigenvalue weighted by Gasteiger charge is -2.32. The van der Waals surface area contributed by atoms with E-state index in [1.54, 1.807) is 0 Å². The quantitative estimate of drug-likeness (QED) is 0.170. The minimum Gasteiger partial charge on any atom is -0.310 e. The average Bonchev–Trinajstić information content (AvgIpc) is 3.69.